The second-order valence-electron chi connectivity index (χ2n) is 7.92. The Balaban J connectivity index is 1.69. The van der Waals surface area contributed by atoms with E-state index in [9.17, 15) is 9.35 Å². The largest absolute Gasteiger partial charge is 0.610 e. The zero-order valence-electron chi connectivity index (χ0n) is 19.3. The normalized spacial score (nSPS) is 12.1. The molecule has 0 fully saturated rings. The molecule has 35 heavy (non-hydrogen) atoms. The molecule has 4 aromatic rings. The lowest BCUT2D eigenvalue weighted by atomic mass is 10.0. The highest BCUT2D eigenvalue weighted by Crippen LogP contribution is 2.38. The van der Waals surface area contributed by atoms with Crippen LogP contribution in [0.2, 0.25) is 0 Å². The van der Waals surface area contributed by atoms with E-state index in [2.05, 4.69) is 27.5 Å². The SMILES string of the molecule is CCCC[S+]([O-])c1[nH]c2nc(-c3nccs3)cc(-c3ccc(CNC(=O)NCCO)cc3)c2c1N. The standard InChI is InChI=1S/C24H28N6O3S2/c1-2-3-12-35(33)23-20(25)19-17(13-18(29-21(19)30-23)22-26-9-11-34-22)16-6-4-15(5-7-16)14-28-24(32)27-8-10-31/h4-7,9,11,13,31H,2-3,8,10,12,14,25H2,1H3,(H,29,30)(H2,27,28,32). The molecule has 0 radical (unpaired) electrons. The predicted octanol–water partition coefficient (Wildman–Crippen LogP) is 3.63. The Bertz CT molecular complexity index is 1270. The van der Waals surface area contributed by atoms with Crippen LogP contribution < -0.4 is 16.4 Å². The third-order valence-electron chi connectivity index (χ3n) is 5.44. The first kappa shape index (κ1) is 25.0. The van der Waals surface area contributed by atoms with E-state index in [0.717, 1.165) is 39.9 Å². The number of carbonyl (C=O) groups is 1. The maximum Gasteiger partial charge on any atom is 0.315 e. The number of rotatable bonds is 10. The van der Waals surface area contributed by atoms with Gasteiger partial charge in [-0.3, -0.25) is 4.98 Å². The molecule has 184 valence electrons. The number of nitrogens with one attached hydrogen (secondary N) is 3. The summed E-state index contributed by atoms with van der Waals surface area (Å²) in [5, 5.41) is 18.0. The molecule has 0 aliphatic carbocycles. The van der Waals surface area contributed by atoms with E-state index in [0.29, 0.717) is 34.4 Å². The summed E-state index contributed by atoms with van der Waals surface area (Å²) in [5.74, 6) is 0.537. The van der Waals surface area contributed by atoms with Crippen LogP contribution in [0.3, 0.4) is 0 Å². The van der Waals surface area contributed by atoms with Crippen LogP contribution in [0.1, 0.15) is 25.3 Å². The molecule has 1 aromatic carbocycles. The Kier molecular flexibility index (Phi) is 8.24. The van der Waals surface area contributed by atoms with Gasteiger partial charge in [-0.1, -0.05) is 37.6 Å². The number of anilines is 1. The van der Waals surface area contributed by atoms with Crippen LogP contribution >= 0.6 is 11.3 Å². The number of nitrogen functional groups attached to an aromatic ring is 1. The highest BCUT2D eigenvalue weighted by molar-refractivity contribution is 7.91. The number of nitrogens with two attached hydrogens (primary N) is 1. The molecule has 3 heterocycles. The van der Waals surface area contributed by atoms with Gasteiger partial charge >= 0.3 is 6.03 Å². The van der Waals surface area contributed by atoms with Gasteiger partial charge < -0.3 is 26.0 Å². The Labute approximate surface area is 210 Å². The Morgan fingerprint density at radius 1 is 1.29 bits per heavy atom. The zero-order chi connectivity index (χ0) is 24.8. The van der Waals surface area contributed by atoms with Gasteiger partial charge in [0.25, 0.3) is 0 Å². The highest BCUT2D eigenvalue weighted by atomic mass is 32.2. The fourth-order valence-electron chi connectivity index (χ4n) is 3.66. The highest BCUT2D eigenvalue weighted by Gasteiger charge is 2.24. The number of unbranched alkanes of at least 4 members (excludes halogenated alkanes) is 1. The number of H-pyrrole nitrogens is 1. The average molecular weight is 513 g/mol. The van der Waals surface area contributed by atoms with Crippen molar-refractivity contribution in [3.05, 3.63) is 47.5 Å². The predicted molar refractivity (Wildman–Crippen MR) is 141 cm³/mol. The number of aromatic nitrogens is 3. The molecule has 0 saturated carbocycles. The van der Waals surface area contributed by atoms with Gasteiger partial charge in [0, 0.05) is 35.8 Å². The minimum absolute atomic E-state index is 0.109. The fourth-order valence-corrected chi connectivity index (χ4v) is 5.57. The molecule has 0 aliphatic rings. The van der Waals surface area contributed by atoms with Gasteiger partial charge in [0.05, 0.1) is 12.0 Å². The minimum Gasteiger partial charge on any atom is -0.610 e. The number of urea groups is 1. The van der Waals surface area contributed by atoms with Crippen LogP contribution in [0, 0.1) is 0 Å². The summed E-state index contributed by atoms with van der Waals surface area (Å²) in [4.78, 5) is 24.1. The lowest BCUT2D eigenvalue weighted by molar-refractivity contribution is 0.234. The van der Waals surface area contributed by atoms with E-state index in [1.807, 2.05) is 35.7 Å². The van der Waals surface area contributed by atoms with Crippen molar-refractivity contribution in [2.24, 2.45) is 0 Å². The number of hydrogen-bond donors (Lipinski definition) is 5. The van der Waals surface area contributed by atoms with Crippen molar-refractivity contribution in [3.8, 4) is 21.8 Å². The summed E-state index contributed by atoms with van der Waals surface area (Å²) in [7, 11) is 0. The van der Waals surface area contributed by atoms with E-state index in [1.54, 1.807) is 6.20 Å². The smallest absolute Gasteiger partial charge is 0.315 e. The molecule has 9 nitrogen and oxygen atoms in total. The number of aliphatic hydroxyl groups excluding tert-OH is 1. The van der Waals surface area contributed by atoms with Crippen molar-refractivity contribution in [1.82, 2.24) is 25.6 Å². The molecule has 0 saturated heterocycles. The van der Waals surface area contributed by atoms with Crippen LogP contribution in [0.25, 0.3) is 32.9 Å². The number of thiazole rings is 1. The van der Waals surface area contributed by atoms with Crippen LogP contribution in [0.5, 0.6) is 0 Å². The number of nitrogens with zero attached hydrogens (tertiary/aromatic N) is 2. The molecular formula is C24H28N6O3S2. The molecule has 0 spiro atoms. The molecule has 0 bridgehead atoms. The first-order chi connectivity index (χ1) is 17.0. The summed E-state index contributed by atoms with van der Waals surface area (Å²) in [6, 6.07) is 9.41. The summed E-state index contributed by atoms with van der Waals surface area (Å²) in [5.41, 5.74) is 11.0. The molecular weight excluding hydrogens is 484 g/mol. The third-order valence-corrected chi connectivity index (χ3v) is 7.68. The van der Waals surface area contributed by atoms with Crippen LogP contribution in [-0.4, -0.2) is 49.5 Å². The van der Waals surface area contributed by atoms with Crippen LogP contribution in [-0.2, 0) is 17.7 Å². The van der Waals surface area contributed by atoms with Crippen LogP contribution in [0.15, 0.2) is 46.9 Å². The fraction of sp³-hybridized carbons (Fsp3) is 0.292. The quantitative estimate of drug-likeness (QED) is 0.205. The number of fused-ring (bicyclic) bond motifs is 1. The summed E-state index contributed by atoms with van der Waals surface area (Å²) in [6.45, 7) is 2.50. The van der Waals surface area contributed by atoms with E-state index in [4.69, 9.17) is 15.8 Å². The van der Waals surface area contributed by atoms with Gasteiger partial charge in [0.15, 0.2) is 0 Å². The molecule has 4 rings (SSSR count). The second-order valence-corrected chi connectivity index (χ2v) is 10.3. The first-order valence-electron chi connectivity index (χ1n) is 11.3. The number of hydrogen-bond acceptors (Lipinski definition) is 7. The maximum absolute atomic E-state index is 12.9. The Morgan fingerprint density at radius 3 is 2.77 bits per heavy atom. The van der Waals surface area contributed by atoms with E-state index in [-0.39, 0.29) is 19.2 Å². The first-order valence-corrected chi connectivity index (χ1v) is 13.5. The zero-order valence-corrected chi connectivity index (χ0v) is 21.0. The van der Waals surface area contributed by atoms with Crippen molar-refractivity contribution < 1.29 is 14.5 Å². The van der Waals surface area contributed by atoms with Crippen molar-refractivity contribution in [3.63, 3.8) is 0 Å². The summed E-state index contributed by atoms with van der Waals surface area (Å²) < 4.78 is 12.9. The second kappa shape index (κ2) is 11.5. The molecule has 3 aromatic heterocycles. The number of amides is 2. The third kappa shape index (κ3) is 5.76. The molecule has 1 atom stereocenters. The topological polar surface area (TPSA) is 152 Å². The maximum atomic E-state index is 12.9. The minimum atomic E-state index is -1.24. The van der Waals surface area contributed by atoms with Crippen molar-refractivity contribution in [2.75, 3.05) is 24.6 Å². The molecule has 2 amide bonds. The van der Waals surface area contributed by atoms with E-state index >= 15 is 0 Å². The molecule has 0 aliphatic heterocycles. The lowest BCUT2D eigenvalue weighted by Crippen LogP contribution is -2.36. The van der Waals surface area contributed by atoms with Crippen molar-refractivity contribution in [2.45, 2.75) is 31.3 Å². The van der Waals surface area contributed by atoms with E-state index in [1.165, 1.54) is 11.3 Å². The van der Waals surface area contributed by atoms with Gasteiger partial charge in [-0.25, -0.2) is 14.8 Å². The van der Waals surface area contributed by atoms with Crippen molar-refractivity contribution >= 4 is 45.3 Å². The van der Waals surface area contributed by atoms with E-state index < -0.39 is 11.2 Å². The van der Waals surface area contributed by atoms with Gasteiger partial charge in [-0.15, -0.1) is 11.3 Å². The number of aromatic amines is 1. The van der Waals surface area contributed by atoms with Gasteiger partial charge in [-0.2, -0.15) is 0 Å². The number of carbonyl (C=O) groups excluding carboxylic acids is 1. The molecule has 6 N–H and O–H groups in total. The Hall–Kier alpha value is -3.12. The number of pyridine rings is 1. The Morgan fingerprint density at radius 2 is 2.09 bits per heavy atom. The van der Waals surface area contributed by atoms with Gasteiger partial charge in [0.1, 0.15) is 27.8 Å². The average Bonchev–Trinajstić information content (AvgIpc) is 3.53. The number of benzene rings is 1. The summed E-state index contributed by atoms with van der Waals surface area (Å²) in [6.07, 6.45) is 3.53. The van der Waals surface area contributed by atoms with Crippen molar-refractivity contribution in [1.29, 1.82) is 0 Å². The van der Waals surface area contributed by atoms with Crippen LogP contribution in [0.4, 0.5) is 10.5 Å². The number of aliphatic hydroxyl groups is 1. The van der Waals surface area contributed by atoms with Gasteiger partial charge in [0.2, 0.25) is 5.03 Å². The monoisotopic (exact) mass is 512 g/mol. The summed E-state index contributed by atoms with van der Waals surface area (Å²) >= 11 is 0.249. The molecule has 1 unspecified atom stereocenters. The van der Waals surface area contributed by atoms with Gasteiger partial charge in [-0.05, 0) is 29.2 Å². The molecule has 11 heteroatoms. The lowest BCUT2D eigenvalue weighted by Gasteiger charge is -2.10.